The number of carbonyl (C=O) groups is 2. The lowest BCUT2D eigenvalue weighted by Gasteiger charge is -2.28. The van der Waals surface area contributed by atoms with E-state index in [0.29, 0.717) is 17.4 Å². The normalized spacial score (nSPS) is 13.9. The summed E-state index contributed by atoms with van der Waals surface area (Å²) in [6, 6.07) is 0. The molecule has 0 saturated carbocycles. The third-order valence-electron chi connectivity index (χ3n) is 15.7. The molecule has 0 aromatic carbocycles. The van der Waals surface area contributed by atoms with Crippen LogP contribution in [0, 0.1) is 0 Å². The summed E-state index contributed by atoms with van der Waals surface area (Å²) >= 11 is 0. The van der Waals surface area contributed by atoms with Gasteiger partial charge in [-0.2, -0.15) is 0 Å². The predicted molar refractivity (Wildman–Crippen MR) is 388 cm³/mol. The number of likely N-dealkylation sites (N-methyl/N-ethyl adjacent to an activating group) is 1. The lowest BCUT2D eigenvalue weighted by Crippen LogP contribution is -2.37. The van der Waals surface area contributed by atoms with Crippen LogP contribution in [0.5, 0.6) is 0 Å². The van der Waals surface area contributed by atoms with E-state index in [1.807, 2.05) is 21.1 Å². The van der Waals surface area contributed by atoms with Gasteiger partial charge in [-0.3, -0.25) is 14.2 Å². The maximum atomic E-state index is 12.8. The number of phosphoric acid groups is 1. The van der Waals surface area contributed by atoms with Gasteiger partial charge in [-0.15, -0.1) is 0 Å². The second kappa shape index (κ2) is 69.5. The number of hydrogen-bond acceptors (Lipinski definition) is 8. The quantitative estimate of drug-likeness (QED) is 0.0195. The average molecular weight is 1270 g/mol. The molecule has 0 bridgehead atoms. The van der Waals surface area contributed by atoms with Crippen molar-refractivity contribution in [3.8, 4) is 0 Å². The van der Waals surface area contributed by atoms with Gasteiger partial charge in [0.2, 0.25) is 0 Å². The maximum Gasteiger partial charge on any atom is 0.306 e. The van der Waals surface area contributed by atoms with E-state index < -0.39 is 32.5 Å². The van der Waals surface area contributed by atoms with Crippen LogP contribution in [0.4, 0.5) is 0 Å². The fourth-order valence-corrected chi connectivity index (χ4v) is 10.8. The van der Waals surface area contributed by atoms with Crippen LogP contribution < -0.4 is 4.89 Å². The van der Waals surface area contributed by atoms with E-state index >= 15 is 0 Å². The van der Waals surface area contributed by atoms with Crippen molar-refractivity contribution in [3.05, 3.63) is 134 Å². The minimum absolute atomic E-state index is 0.0450. The smallest absolute Gasteiger partial charge is 0.306 e. The van der Waals surface area contributed by atoms with Crippen LogP contribution in [0.3, 0.4) is 0 Å². The van der Waals surface area contributed by atoms with E-state index in [9.17, 15) is 19.0 Å². The predicted octanol–water partition coefficient (Wildman–Crippen LogP) is 23.8. The molecule has 516 valence electrons. The molecule has 0 fully saturated rings. The van der Waals surface area contributed by atoms with Crippen LogP contribution in [-0.4, -0.2) is 70.0 Å². The number of quaternary nitrogens is 1. The largest absolute Gasteiger partial charge is 0.756 e. The zero-order valence-corrected chi connectivity index (χ0v) is 59.7. The van der Waals surface area contributed by atoms with Gasteiger partial charge in [0.25, 0.3) is 7.82 Å². The molecule has 0 aromatic heterocycles. The third kappa shape index (κ3) is 73.2. The molecular weight excluding hydrogens is 1130 g/mol. The zero-order chi connectivity index (χ0) is 65.5. The van der Waals surface area contributed by atoms with E-state index in [-0.39, 0.29) is 26.1 Å². The summed E-state index contributed by atoms with van der Waals surface area (Å²) < 4.78 is 34.3. The highest BCUT2D eigenvalue weighted by atomic mass is 31.2. The molecule has 0 radical (unpaired) electrons. The number of nitrogens with zero attached hydrogens (tertiary/aromatic N) is 1. The van der Waals surface area contributed by atoms with E-state index in [0.717, 1.165) is 96.3 Å². The first kappa shape index (κ1) is 86.2. The number of carbonyl (C=O) groups excluding carboxylic acids is 2. The number of allylic oxidation sites excluding steroid dienone is 22. The molecular formula is C80H138NO8P. The third-order valence-corrected chi connectivity index (χ3v) is 16.6. The molecule has 0 rings (SSSR count). The lowest BCUT2D eigenvalue weighted by atomic mass is 10.0. The van der Waals surface area contributed by atoms with Gasteiger partial charge < -0.3 is 27.9 Å². The van der Waals surface area contributed by atoms with Crippen LogP contribution in [0.25, 0.3) is 0 Å². The van der Waals surface area contributed by atoms with Gasteiger partial charge >= 0.3 is 11.9 Å². The second-order valence-corrected chi connectivity index (χ2v) is 27.0. The molecule has 9 nitrogen and oxygen atoms in total. The number of ether oxygens (including phenoxy) is 2. The van der Waals surface area contributed by atoms with E-state index in [4.69, 9.17) is 18.5 Å². The Bertz CT molecular complexity index is 1980. The minimum atomic E-state index is -4.66. The van der Waals surface area contributed by atoms with Crippen molar-refractivity contribution in [3.63, 3.8) is 0 Å². The van der Waals surface area contributed by atoms with Crippen LogP contribution in [0.2, 0.25) is 0 Å². The van der Waals surface area contributed by atoms with Crippen LogP contribution in [-0.2, 0) is 32.7 Å². The van der Waals surface area contributed by atoms with E-state index in [1.165, 1.54) is 180 Å². The maximum absolute atomic E-state index is 12.8. The standard InChI is InChI=1S/C80H138NO8P/c1-6-8-10-12-14-16-18-20-22-24-26-28-30-32-34-35-36-37-38-39-40-41-42-43-44-45-47-48-50-52-54-56-58-60-62-64-66-68-70-72-79(82)86-76-78(77-88-90(84,85)87-75-74-81(3,4)5)89-80(83)73-71-69-67-65-63-61-59-57-55-53-51-49-46-33-31-29-27-25-23-21-19-17-15-13-11-9-7-2/h9,11,15,17-18,20-21,23-24,26-27,29-30,32-33,46,51,53,57,59,63,65,78H,6-8,10,12-14,16,19,22,25,28,31,34-45,47-50,52,54-56,58,60-62,64,66-77H2,1-5H3/b11-9-,17-15-,20-18-,23-21-,26-24-,29-27-,32-30-,46-33-,53-51-,59-57-,65-63-. The van der Waals surface area contributed by atoms with Gasteiger partial charge in [-0.25, -0.2) is 0 Å². The fraction of sp³-hybridized carbons (Fsp3) is 0.700. The molecule has 0 aliphatic rings. The van der Waals surface area contributed by atoms with Gasteiger partial charge in [-0.05, 0) is 116 Å². The molecule has 0 aromatic rings. The van der Waals surface area contributed by atoms with Gasteiger partial charge in [0.1, 0.15) is 19.8 Å². The molecule has 2 atom stereocenters. The Hall–Kier alpha value is -3.85. The van der Waals surface area contributed by atoms with Crippen molar-refractivity contribution in [1.82, 2.24) is 0 Å². The molecule has 0 heterocycles. The Labute approximate surface area is 555 Å². The average Bonchev–Trinajstić information content (AvgIpc) is 3.61. The highest BCUT2D eigenvalue weighted by molar-refractivity contribution is 7.45. The van der Waals surface area contributed by atoms with Gasteiger partial charge in [0.15, 0.2) is 6.10 Å². The van der Waals surface area contributed by atoms with Crippen molar-refractivity contribution in [2.45, 2.75) is 315 Å². The Morgan fingerprint density at radius 2 is 0.633 bits per heavy atom. The zero-order valence-electron chi connectivity index (χ0n) is 58.8. The van der Waals surface area contributed by atoms with Crippen LogP contribution >= 0.6 is 7.82 Å². The summed E-state index contributed by atoms with van der Waals surface area (Å²) in [6.45, 7) is 4.08. The summed E-state index contributed by atoms with van der Waals surface area (Å²) in [4.78, 5) is 38.1. The van der Waals surface area contributed by atoms with Crippen molar-refractivity contribution in [2.75, 3.05) is 47.5 Å². The highest BCUT2D eigenvalue weighted by Gasteiger charge is 2.22. The number of hydrogen-bond donors (Lipinski definition) is 0. The molecule has 0 N–H and O–H groups in total. The molecule has 0 saturated heterocycles. The first-order valence-electron chi connectivity index (χ1n) is 36.9. The summed E-state index contributed by atoms with van der Waals surface area (Å²) in [5.74, 6) is -0.883. The van der Waals surface area contributed by atoms with Crippen LogP contribution in [0.15, 0.2) is 134 Å². The molecule has 0 aliphatic carbocycles. The molecule has 10 heteroatoms. The Morgan fingerprint density at radius 3 is 0.967 bits per heavy atom. The van der Waals surface area contributed by atoms with Crippen molar-refractivity contribution < 1.29 is 42.1 Å². The van der Waals surface area contributed by atoms with Gasteiger partial charge in [0, 0.05) is 12.8 Å². The molecule has 0 spiro atoms. The molecule has 0 amide bonds. The van der Waals surface area contributed by atoms with Crippen molar-refractivity contribution >= 4 is 19.8 Å². The molecule has 0 aliphatic heterocycles. The summed E-state index contributed by atoms with van der Waals surface area (Å²) in [5, 5.41) is 0. The summed E-state index contributed by atoms with van der Waals surface area (Å²) in [5.41, 5.74) is 0. The Kier molecular flexibility index (Phi) is 66.5. The number of unbranched alkanes of at least 4 members (excludes halogenated alkanes) is 31. The van der Waals surface area contributed by atoms with Crippen LogP contribution in [0.1, 0.15) is 309 Å². The molecule has 2 unspecified atom stereocenters. The van der Waals surface area contributed by atoms with Crippen molar-refractivity contribution in [1.29, 1.82) is 0 Å². The van der Waals surface area contributed by atoms with E-state index in [1.54, 1.807) is 0 Å². The van der Waals surface area contributed by atoms with Crippen molar-refractivity contribution in [2.24, 2.45) is 0 Å². The van der Waals surface area contributed by atoms with Gasteiger partial charge in [0.05, 0.1) is 27.7 Å². The summed E-state index contributed by atoms with van der Waals surface area (Å²) in [7, 11) is 1.13. The fourth-order valence-electron chi connectivity index (χ4n) is 10.0. The second-order valence-electron chi connectivity index (χ2n) is 25.6. The first-order chi connectivity index (χ1) is 44.0. The topological polar surface area (TPSA) is 111 Å². The lowest BCUT2D eigenvalue weighted by molar-refractivity contribution is -0.870. The Morgan fingerprint density at radius 1 is 0.356 bits per heavy atom. The monoisotopic (exact) mass is 1270 g/mol. The highest BCUT2D eigenvalue weighted by Crippen LogP contribution is 2.38. The first-order valence-corrected chi connectivity index (χ1v) is 38.4. The SMILES string of the molecule is CC/C=C\C/C=C\C/C=C\C/C=C\C/C=C\C/C=C\C/C=C\C/C=C\CCCCC(=O)OC(COC(=O)CCCCCCCCCCCCCCCCCCCCCCCCCC/C=C\C/C=C\C/C=C\CCCCCCC)COP(=O)([O-])OCC[N+](C)(C)C. The summed E-state index contributed by atoms with van der Waals surface area (Å²) in [6.07, 6.45) is 101. The minimum Gasteiger partial charge on any atom is -0.756 e. The van der Waals surface area contributed by atoms with Gasteiger partial charge in [-0.1, -0.05) is 314 Å². The Balaban J connectivity index is 4.04. The number of esters is 2. The molecule has 90 heavy (non-hydrogen) atoms. The number of rotatable bonds is 67. The number of phosphoric ester groups is 1. The van der Waals surface area contributed by atoms with E-state index in [2.05, 4.69) is 148 Å².